The van der Waals surface area contributed by atoms with E-state index in [1.807, 2.05) is 0 Å². The van der Waals surface area contributed by atoms with Gasteiger partial charge in [0.25, 0.3) is 0 Å². The maximum Gasteiger partial charge on any atom is 0.0540 e. The molecule has 0 radical (unpaired) electrons. The first kappa shape index (κ1) is 29.0. The lowest BCUT2D eigenvalue weighted by Crippen LogP contribution is -2.17. The van der Waals surface area contributed by atoms with Crippen molar-refractivity contribution in [2.24, 2.45) is 5.92 Å². The molecule has 1 heteroatoms. The molecule has 2 aliphatic carbocycles. The van der Waals surface area contributed by atoms with Gasteiger partial charge >= 0.3 is 0 Å². The van der Waals surface area contributed by atoms with Crippen LogP contribution in [0.4, 0.5) is 17.1 Å². The van der Waals surface area contributed by atoms with Crippen LogP contribution in [0.1, 0.15) is 43.9 Å². The van der Waals surface area contributed by atoms with Gasteiger partial charge in [-0.1, -0.05) is 148 Å². The summed E-state index contributed by atoms with van der Waals surface area (Å²) < 4.78 is 0. The van der Waals surface area contributed by atoms with Crippen LogP contribution in [0, 0.1) is 5.92 Å². The second kappa shape index (κ2) is 11.8. The van der Waals surface area contributed by atoms with Crippen molar-refractivity contribution in [3.63, 3.8) is 0 Å². The molecule has 0 fully saturated rings. The summed E-state index contributed by atoms with van der Waals surface area (Å²) in [5.41, 5.74) is 16.3. The number of hydrogen-bond donors (Lipinski definition) is 0. The molecule has 47 heavy (non-hydrogen) atoms. The van der Waals surface area contributed by atoms with E-state index in [-0.39, 0.29) is 5.41 Å². The summed E-state index contributed by atoms with van der Waals surface area (Å²) in [7, 11) is 0. The summed E-state index contributed by atoms with van der Waals surface area (Å²) in [6.45, 7) is 7.01. The lowest BCUT2D eigenvalue weighted by molar-refractivity contribution is 0.660. The van der Waals surface area contributed by atoms with Crippen LogP contribution in [0.15, 0.2) is 164 Å². The van der Waals surface area contributed by atoms with E-state index in [9.17, 15) is 0 Å². The third-order valence-electron chi connectivity index (χ3n) is 10.0. The fourth-order valence-corrected chi connectivity index (χ4v) is 7.53. The van der Waals surface area contributed by atoms with E-state index in [0.717, 1.165) is 23.5 Å². The molecule has 0 saturated heterocycles. The van der Waals surface area contributed by atoms with Crippen molar-refractivity contribution in [2.75, 3.05) is 4.90 Å². The Hall–Kier alpha value is -5.40. The standard InChI is InChI=1S/C46H39N/c1-32-13-12-18-36(29-32)34-21-24-38(25-22-34)47(39-26-27-41-40-19-10-11-20-43(40)46(2,3)44(41)31-39)45-28-23-37(33-14-6-4-7-15-33)30-42(45)35-16-8-5-9-17-35/h4-28,30-32H,29H2,1-3H3. The Morgan fingerprint density at radius 1 is 0.532 bits per heavy atom. The Balaban J connectivity index is 1.32. The molecule has 0 bridgehead atoms. The van der Waals surface area contributed by atoms with Crippen molar-refractivity contribution in [3.05, 3.63) is 181 Å². The first-order valence-electron chi connectivity index (χ1n) is 16.7. The van der Waals surface area contributed by atoms with Gasteiger partial charge in [-0.25, -0.2) is 0 Å². The summed E-state index contributed by atoms with van der Waals surface area (Å²) in [5.74, 6) is 0.557. The predicted octanol–water partition coefficient (Wildman–Crippen LogP) is 12.8. The molecule has 0 saturated carbocycles. The number of benzene rings is 6. The predicted molar refractivity (Wildman–Crippen MR) is 200 cm³/mol. The van der Waals surface area contributed by atoms with Crippen LogP contribution < -0.4 is 4.90 Å². The van der Waals surface area contributed by atoms with Gasteiger partial charge in [0, 0.05) is 22.4 Å². The maximum absolute atomic E-state index is 2.46. The van der Waals surface area contributed by atoms with E-state index >= 15 is 0 Å². The Morgan fingerprint density at radius 3 is 1.91 bits per heavy atom. The van der Waals surface area contributed by atoms with Crippen molar-refractivity contribution in [2.45, 2.75) is 32.6 Å². The van der Waals surface area contributed by atoms with E-state index in [4.69, 9.17) is 0 Å². The summed E-state index contributed by atoms with van der Waals surface area (Å²) in [4.78, 5) is 2.46. The van der Waals surface area contributed by atoms with Crippen LogP contribution in [0.5, 0.6) is 0 Å². The van der Waals surface area contributed by atoms with E-state index in [2.05, 4.69) is 189 Å². The molecule has 1 nitrogen and oxygen atoms in total. The van der Waals surface area contributed by atoms with Crippen molar-refractivity contribution in [1.82, 2.24) is 0 Å². The van der Waals surface area contributed by atoms with Crippen molar-refractivity contribution < 1.29 is 0 Å². The second-order valence-electron chi connectivity index (χ2n) is 13.5. The molecular weight excluding hydrogens is 567 g/mol. The molecule has 2 aliphatic rings. The van der Waals surface area contributed by atoms with Crippen LogP contribution in [0.25, 0.3) is 39.0 Å². The number of hydrogen-bond acceptors (Lipinski definition) is 1. The molecule has 228 valence electrons. The average Bonchev–Trinajstić information content (AvgIpc) is 3.35. The topological polar surface area (TPSA) is 3.24 Å². The van der Waals surface area contributed by atoms with Crippen LogP contribution in [0.3, 0.4) is 0 Å². The summed E-state index contributed by atoms with van der Waals surface area (Å²) >= 11 is 0. The van der Waals surface area contributed by atoms with Gasteiger partial charge in [-0.2, -0.15) is 0 Å². The van der Waals surface area contributed by atoms with Gasteiger partial charge in [0.2, 0.25) is 0 Å². The first-order chi connectivity index (χ1) is 23.0. The fourth-order valence-electron chi connectivity index (χ4n) is 7.53. The second-order valence-corrected chi connectivity index (χ2v) is 13.5. The number of fused-ring (bicyclic) bond motifs is 3. The highest BCUT2D eigenvalue weighted by Crippen LogP contribution is 2.51. The zero-order valence-corrected chi connectivity index (χ0v) is 27.3. The smallest absolute Gasteiger partial charge is 0.0540 e. The minimum Gasteiger partial charge on any atom is -0.310 e. The molecule has 6 aromatic rings. The van der Waals surface area contributed by atoms with Crippen molar-refractivity contribution >= 4 is 22.6 Å². The zero-order valence-electron chi connectivity index (χ0n) is 27.3. The minimum atomic E-state index is -0.0887. The third-order valence-corrected chi connectivity index (χ3v) is 10.0. The maximum atomic E-state index is 2.46. The van der Waals surface area contributed by atoms with Crippen LogP contribution in [0.2, 0.25) is 0 Å². The van der Waals surface area contributed by atoms with E-state index in [1.54, 1.807) is 0 Å². The molecule has 0 amide bonds. The molecule has 0 aromatic heterocycles. The van der Waals surface area contributed by atoms with E-state index in [1.165, 1.54) is 55.6 Å². The Labute approximate surface area is 279 Å². The largest absolute Gasteiger partial charge is 0.310 e. The molecule has 0 aliphatic heterocycles. The molecule has 8 rings (SSSR count). The molecule has 0 heterocycles. The van der Waals surface area contributed by atoms with E-state index in [0.29, 0.717) is 5.92 Å². The third kappa shape index (κ3) is 5.22. The molecule has 0 N–H and O–H groups in total. The molecule has 1 atom stereocenters. The van der Waals surface area contributed by atoms with E-state index < -0.39 is 0 Å². The Morgan fingerprint density at radius 2 is 1.17 bits per heavy atom. The molecule has 1 unspecified atom stereocenters. The van der Waals surface area contributed by atoms with Gasteiger partial charge in [-0.3, -0.25) is 0 Å². The SMILES string of the molecule is CC1C=CC=C(c2ccc(N(c3ccc4c(c3)C(C)(C)c3ccccc3-4)c3ccc(-c4ccccc4)cc3-c3ccccc3)cc2)C1. The summed E-state index contributed by atoms with van der Waals surface area (Å²) in [5, 5.41) is 0. The lowest BCUT2D eigenvalue weighted by atomic mass is 9.82. The van der Waals surface area contributed by atoms with Gasteiger partial charge in [0.1, 0.15) is 0 Å². The van der Waals surface area contributed by atoms with Gasteiger partial charge in [-0.15, -0.1) is 0 Å². The molecule has 6 aromatic carbocycles. The normalized spacial score (nSPS) is 15.9. The quantitative estimate of drug-likeness (QED) is 0.183. The highest BCUT2D eigenvalue weighted by atomic mass is 15.1. The van der Waals surface area contributed by atoms with Gasteiger partial charge < -0.3 is 4.90 Å². The summed E-state index contributed by atoms with van der Waals surface area (Å²) in [6, 6.07) is 53.6. The highest BCUT2D eigenvalue weighted by Gasteiger charge is 2.36. The lowest BCUT2D eigenvalue weighted by Gasteiger charge is -2.30. The van der Waals surface area contributed by atoms with Gasteiger partial charge in [-0.05, 0) is 98.8 Å². The Bertz CT molecular complexity index is 2130. The molecular formula is C46H39N. The number of allylic oxidation sites excluding steroid dienone is 4. The van der Waals surface area contributed by atoms with Gasteiger partial charge in [0.15, 0.2) is 0 Å². The van der Waals surface area contributed by atoms with Gasteiger partial charge in [0.05, 0.1) is 5.69 Å². The summed E-state index contributed by atoms with van der Waals surface area (Å²) in [6.07, 6.45) is 7.83. The van der Waals surface area contributed by atoms with Crippen LogP contribution in [-0.2, 0) is 5.41 Å². The van der Waals surface area contributed by atoms with Crippen molar-refractivity contribution in [1.29, 1.82) is 0 Å². The zero-order chi connectivity index (χ0) is 32.0. The average molecular weight is 606 g/mol. The highest BCUT2D eigenvalue weighted by molar-refractivity contribution is 5.92. The van der Waals surface area contributed by atoms with Crippen LogP contribution >= 0.6 is 0 Å². The monoisotopic (exact) mass is 605 g/mol. The van der Waals surface area contributed by atoms with Crippen LogP contribution in [-0.4, -0.2) is 0 Å². The minimum absolute atomic E-state index is 0.0887. The number of anilines is 3. The molecule has 0 spiro atoms. The number of nitrogens with zero attached hydrogens (tertiary/aromatic N) is 1. The first-order valence-corrected chi connectivity index (χ1v) is 16.7. The Kier molecular flexibility index (Phi) is 7.26. The fraction of sp³-hybridized carbons (Fsp3) is 0.130. The van der Waals surface area contributed by atoms with Crippen molar-refractivity contribution in [3.8, 4) is 33.4 Å². The number of rotatable bonds is 6.